The van der Waals surface area contributed by atoms with E-state index in [-0.39, 0.29) is 5.65 Å². The Labute approximate surface area is 183 Å². The number of hydrogen-bond donors (Lipinski definition) is 3. The van der Waals surface area contributed by atoms with E-state index in [2.05, 4.69) is 14.7 Å². The Morgan fingerprint density at radius 3 is 2.30 bits per heavy atom. The summed E-state index contributed by atoms with van der Waals surface area (Å²) in [5, 5.41) is 9.72. The molecule has 0 aliphatic heterocycles. The van der Waals surface area contributed by atoms with Crippen LogP contribution in [-0.2, 0) is 22.4 Å². The van der Waals surface area contributed by atoms with Crippen molar-refractivity contribution in [2.45, 2.75) is 36.7 Å². The highest BCUT2D eigenvalue weighted by atomic mass is 32.2. The number of hydrogen-bond acceptors (Lipinski definition) is 6. The lowest BCUT2D eigenvalue weighted by molar-refractivity contribution is -0.141. The van der Waals surface area contributed by atoms with Gasteiger partial charge in [0.15, 0.2) is 17.2 Å². The summed E-state index contributed by atoms with van der Waals surface area (Å²) in [5.41, 5.74) is -0.328. The number of nitrogens with one attached hydrogen (secondary N) is 1. The molecule has 0 radical (unpaired) electrons. The Bertz CT molecular complexity index is 1310. The molecule has 0 atom stereocenters. The summed E-state index contributed by atoms with van der Waals surface area (Å²) in [6, 6.07) is 1.84. The van der Waals surface area contributed by atoms with Gasteiger partial charge in [-0.25, -0.2) is 23.1 Å². The van der Waals surface area contributed by atoms with Crippen LogP contribution in [-0.4, -0.2) is 40.0 Å². The second kappa shape index (κ2) is 7.85. The summed E-state index contributed by atoms with van der Waals surface area (Å²) in [7, 11) is -4.39. The highest BCUT2D eigenvalue weighted by Gasteiger charge is 2.37. The summed E-state index contributed by atoms with van der Waals surface area (Å²) in [6.45, 7) is 2.17. The SMILES string of the molecule is CC(C)(O)CNS(=O)(=O)c1ccc(C(F)(F)F)c(-c2cnc3c(N)nc(C(F)(F)F)cn23)c1. The molecule has 0 saturated carbocycles. The molecule has 33 heavy (non-hydrogen) atoms. The molecular formula is C18H17F6N5O3S. The molecule has 2 aromatic heterocycles. The largest absolute Gasteiger partial charge is 0.434 e. The quantitative estimate of drug-likeness (QED) is 0.466. The number of benzene rings is 1. The number of nitrogens with two attached hydrogens (primary N) is 1. The van der Waals surface area contributed by atoms with Gasteiger partial charge in [0.1, 0.15) is 0 Å². The maximum atomic E-state index is 13.7. The average molecular weight is 497 g/mol. The molecule has 2 heterocycles. The number of nitrogens with zero attached hydrogens (tertiary/aromatic N) is 3. The fraction of sp³-hybridized carbons (Fsp3) is 0.333. The second-order valence-corrected chi connectivity index (χ2v) is 9.46. The third-order valence-electron chi connectivity index (χ3n) is 4.39. The summed E-state index contributed by atoms with van der Waals surface area (Å²) < 4.78 is 108. The van der Waals surface area contributed by atoms with Crippen LogP contribution in [0.1, 0.15) is 25.1 Å². The maximum absolute atomic E-state index is 13.7. The predicted molar refractivity (Wildman–Crippen MR) is 104 cm³/mol. The molecule has 180 valence electrons. The minimum absolute atomic E-state index is 0.348. The highest BCUT2D eigenvalue weighted by molar-refractivity contribution is 7.89. The Hall–Kier alpha value is -2.91. The zero-order chi connectivity index (χ0) is 25.0. The molecule has 4 N–H and O–H groups in total. The minimum Gasteiger partial charge on any atom is -0.389 e. The van der Waals surface area contributed by atoms with Gasteiger partial charge in [-0.1, -0.05) is 0 Å². The van der Waals surface area contributed by atoms with Crippen molar-refractivity contribution < 1.29 is 39.9 Å². The average Bonchev–Trinajstić information content (AvgIpc) is 3.08. The summed E-state index contributed by atoms with van der Waals surface area (Å²) >= 11 is 0. The van der Waals surface area contributed by atoms with Crippen LogP contribution in [0.3, 0.4) is 0 Å². The number of rotatable bonds is 5. The number of sulfonamides is 1. The number of alkyl halides is 6. The smallest absolute Gasteiger partial charge is 0.389 e. The normalized spacial score (nSPS) is 13.6. The molecule has 15 heteroatoms. The minimum atomic E-state index is -4.98. The standard InChI is InChI=1S/C18H17F6N5O3S/c1-16(2,30)8-27-33(31,32)9-3-4-11(17(19,20)21)10(5-9)12-6-26-15-14(25)28-13(7-29(12)15)18(22,23)24/h3-7,27,30H,8H2,1-2H3,(H2,25,28). The van der Waals surface area contributed by atoms with Crippen molar-refractivity contribution in [3.05, 3.63) is 41.9 Å². The van der Waals surface area contributed by atoms with Crippen molar-refractivity contribution in [1.82, 2.24) is 19.1 Å². The van der Waals surface area contributed by atoms with E-state index < -0.39 is 67.7 Å². The zero-order valence-electron chi connectivity index (χ0n) is 17.0. The number of aromatic nitrogens is 3. The van der Waals surface area contributed by atoms with Gasteiger partial charge < -0.3 is 10.8 Å². The van der Waals surface area contributed by atoms with Crippen LogP contribution < -0.4 is 10.5 Å². The van der Waals surface area contributed by atoms with Gasteiger partial charge in [-0.05, 0) is 32.0 Å². The summed E-state index contributed by atoms with van der Waals surface area (Å²) in [5.74, 6) is -0.680. The number of fused-ring (bicyclic) bond motifs is 1. The fourth-order valence-electron chi connectivity index (χ4n) is 2.85. The number of aliphatic hydroxyl groups is 1. The summed E-state index contributed by atoms with van der Waals surface area (Å²) in [6.07, 6.45) is -8.68. The molecule has 8 nitrogen and oxygen atoms in total. The van der Waals surface area contributed by atoms with Gasteiger partial charge in [0, 0.05) is 18.3 Å². The van der Waals surface area contributed by atoms with E-state index in [4.69, 9.17) is 5.73 Å². The van der Waals surface area contributed by atoms with Crippen molar-refractivity contribution >= 4 is 21.5 Å². The molecule has 0 saturated heterocycles. The van der Waals surface area contributed by atoms with Gasteiger partial charge in [0.25, 0.3) is 0 Å². The molecule has 0 amide bonds. The Balaban J connectivity index is 2.26. The fourth-order valence-corrected chi connectivity index (χ4v) is 4.08. The van der Waals surface area contributed by atoms with Crippen LogP contribution in [0, 0.1) is 0 Å². The topological polar surface area (TPSA) is 123 Å². The summed E-state index contributed by atoms with van der Waals surface area (Å²) in [4.78, 5) is 6.31. The number of anilines is 1. The molecule has 0 bridgehead atoms. The van der Waals surface area contributed by atoms with Crippen molar-refractivity contribution in [3.63, 3.8) is 0 Å². The van der Waals surface area contributed by atoms with Crippen molar-refractivity contribution in [2.24, 2.45) is 0 Å². The number of halogens is 6. The van der Waals surface area contributed by atoms with Crippen LogP contribution >= 0.6 is 0 Å². The van der Waals surface area contributed by atoms with Crippen LogP contribution in [0.5, 0.6) is 0 Å². The maximum Gasteiger partial charge on any atom is 0.434 e. The first-order chi connectivity index (χ1) is 14.9. The number of imidazole rings is 1. The van der Waals surface area contributed by atoms with Gasteiger partial charge in [-0.3, -0.25) is 4.40 Å². The van der Waals surface area contributed by atoms with Crippen LogP contribution in [0.15, 0.2) is 35.5 Å². The Morgan fingerprint density at radius 2 is 1.76 bits per heavy atom. The zero-order valence-corrected chi connectivity index (χ0v) is 17.8. The second-order valence-electron chi connectivity index (χ2n) is 7.69. The van der Waals surface area contributed by atoms with Crippen LogP contribution in [0.2, 0.25) is 0 Å². The molecule has 3 aromatic rings. The molecule has 0 spiro atoms. The first-order valence-corrected chi connectivity index (χ1v) is 10.5. The molecule has 0 fully saturated rings. The van der Waals surface area contributed by atoms with Gasteiger partial charge in [0.05, 0.1) is 28.0 Å². The highest BCUT2D eigenvalue weighted by Crippen LogP contribution is 2.39. The lowest BCUT2D eigenvalue weighted by Gasteiger charge is -2.19. The lowest BCUT2D eigenvalue weighted by atomic mass is 10.0. The molecular weight excluding hydrogens is 480 g/mol. The first kappa shape index (κ1) is 24.7. The molecule has 3 rings (SSSR count). The van der Waals surface area contributed by atoms with Crippen molar-refractivity contribution in [3.8, 4) is 11.3 Å². The van der Waals surface area contributed by atoms with E-state index in [0.29, 0.717) is 28.8 Å². The van der Waals surface area contributed by atoms with Crippen molar-refractivity contribution in [2.75, 3.05) is 12.3 Å². The predicted octanol–water partition coefficient (Wildman–Crippen LogP) is 3.07. The van der Waals surface area contributed by atoms with E-state index in [0.717, 1.165) is 6.20 Å². The van der Waals surface area contributed by atoms with E-state index in [1.807, 2.05) is 0 Å². The van der Waals surface area contributed by atoms with Gasteiger partial charge in [-0.2, -0.15) is 26.3 Å². The molecule has 1 aromatic carbocycles. The van der Waals surface area contributed by atoms with Crippen molar-refractivity contribution in [1.29, 1.82) is 0 Å². The van der Waals surface area contributed by atoms with Gasteiger partial charge in [0.2, 0.25) is 10.0 Å². The van der Waals surface area contributed by atoms with Gasteiger partial charge in [-0.15, -0.1) is 0 Å². The molecule has 0 aliphatic rings. The third-order valence-corrected chi connectivity index (χ3v) is 5.79. The Kier molecular flexibility index (Phi) is 5.88. The van der Waals surface area contributed by atoms with Crippen LogP contribution in [0.4, 0.5) is 32.2 Å². The molecule has 0 unspecified atom stereocenters. The van der Waals surface area contributed by atoms with E-state index >= 15 is 0 Å². The van der Waals surface area contributed by atoms with E-state index in [1.54, 1.807) is 0 Å². The van der Waals surface area contributed by atoms with E-state index in [1.165, 1.54) is 13.8 Å². The first-order valence-electron chi connectivity index (χ1n) is 9.04. The Morgan fingerprint density at radius 1 is 1.12 bits per heavy atom. The lowest BCUT2D eigenvalue weighted by Crippen LogP contribution is -2.38. The van der Waals surface area contributed by atoms with E-state index in [9.17, 15) is 39.9 Å². The van der Waals surface area contributed by atoms with Crippen LogP contribution in [0.25, 0.3) is 16.9 Å². The third kappa shape index (κ3) is 5.20. The monoisotopic (exact) mass is 497 g/mol. The number of nitrogen functional groups attached to an aromatic ring is 1. The molecule has 0 aliphatic carbocycles. The van der Waals surface area contributed by atoms with Gasteiger partial charge >= 0.3 is 12.4 Å².